The zero-order valence-corrected chi connectivity index (χ0v) is 11.1. The van der Waals surface area contributed by atoms with Crippen LogP contribution in [0, 0.1) is 0 Å². The molecule has 100 valence electrons. The van der Waals surface area contributed by atoms with Gasteiger partial charge in [0, 0.05) is 17.3 Å². The van der Waals surface area contributed by atoms with Gasteiger partial charge in [-0.1, -0.05) is 12.1 Å². The monoisotopic (exact) mass is 258 g/mol. The molecule has 1 unspecified atom stereocenters. The fourth-order valence-corrected chi connectivity index (χ4v) is 2.01. The van der Waals surface area contributed by atoms with E-state index in [4.69, 9.17) is 20.9 Å². The molecule has 0 amide bonds. The molecule has 0 spiro atoms. The molecule has 0 bridgehead atoms. The van der Waals surface area contributed by atoms with Crippen molar-refractivity contribution in [2.75, 3.05) is 20.0 Å². The molecule has 4 heteroatoms. The molecule has 0 aliphatic carbocycles. The number of benzene rings is 2. The molecule has 0 aromatic heterocycles. The van der Waals surface area contributed by atoms with Crippen LogP contribution in [0.4, 0.5) is 5.69 Å². The van der Waals surface area contributed by atoms with Crippen LogP contribution < -0.4 is 20.9 Å². The lowest BCUT2D eigenvalue weighted by atomic mass is 9.98. The summed E-state index contributed by atoms with van der Waals surface area (Å²) >= 11 is 0. The van der Waals surface area contributed by atoms with Crippen LogP contribution in [0.15, 0.2) is 42.5 Å². The summed E-state index contributed by atoms with van der Waals surface area (Å²) in [4.78, 5) is 0. The Morgan fingerprint density at radius 1 is 1.00 bits per heavy atom. The Morgan fingerprint density at radius 2 is 1.79 bits per heavy atom. The maximum atomic E-state index is 6.28. The van der Waals surface area contributed by atoms with Crippen molar-refractivity contribution in [2.24, 2.45) is 5.73 Å². The molecule has 0 aliphatic rings. The van der Waals surface area contributed by atoms with Crippen molar-refractivity contribution in [3.05, 3.63) is 53.6 Å². The van der Waals surface area contributed by atoms with Gasteiger partial charge in [0.15, 0.2) is 0 Å². The van der Waals surface area contributed by atoms with E-state index in [-0.39, 0.29) is 6.04 Å². The molecule has 0 saturated heterocycles. The average molecular weight is 258 g/mol. The highest BCUT2D eigenvalue weighted by Crippen LogP contribution is 2.32. The highest BCUT2D eigenvalue weighted by Gasteiger charge is 2.15. The minimum absolute atomic E-state index is 0.288. The number of methoxy groups -OCH3 is 2. The molecule has 0 aliphatic heterocycles. The number of nitrogens with two attached hydrogens (primary N) is 2. The summed E-state index contributed by atoms with van der Waals surface area (Å²) in [5, 5.41) is 0. The van der Waals surface area contributed by atoms with Gasteiger partial charge < -0.3 is 20.9 Å². The topological polar surface area (TPSA) is 70.5 Å². The van der Waals surface area contributed by atoms with Crippen LogP contribution in [-0.4, -0.2) is 14.2 Å². The second-order valence-corrected chi connectivity index (χ2v) is 4.26. The quantitative estimate of drug-likeness (QED) is 0.826. The van der Waals surface area contributed by atoms with Gasteiger partial charge in [0.05, 0.1) is 20.3 Å². The first-order valence-electron chi connectivity index (χ1n) is 5.98. The number of hydrogen-bond acceptors (Lipinski definition) is 4. The maximum absolute atomic E-state index is 6.28. The molecule has 2 aromatic rings. The van der Waals surface area contributed by atoms with Crippen LogP contribution in [0.1, 0.15) is 17.2 Å². The third-order valence-electron chi connectivity index (χ3n) is 3.05. The molecule has 0 radical (unpaired) electrons. The van der Waals surface area contributed by atoms with Gasteiger partial charge in [-0.25, -0.2) is 0 Å². The van der Waals surface area contributed by atoms with Crippen LogP contribution in [0.2, 0.25) is 0 Å². The number of rotatable bonds is 4. The number of hydrogen-bond donors (Lipinski definition) is 2. The summed E-state index contributed by atoms with van der Waals surface area (Å²) in [5.74, 6) is 1.44. The van der Waals surface area contributed by atoms with Crippen molar-refractivity contribution < 1.29 is 9.47 Å². The molecule has 4 N–H and O–H groups in total. The summed E-state index contributed by atoms with van der Waals surface area (Å²) in [6.07, 6.45) is 0. The van der Waals surface area contributed by atoms with E-state index in [2.05, 4.69) is 0 Å². The van der Waals surface area contributed by atoms with Gasteiger partial charge in [-0.05, 0) is 29.8 Å². The van der Waals surface area contributed by atoms with E-state index < -0.39 is 0 Å². The van der Waals surface area contributed by atoms with Crippen LogP contribution in [0.5, 0.6) is 11.5 Å². The molecule has 1 atom stereocenters. The van der Waals surface area contributed by atoms with Crippen LogP contribution in [0.3, 0.4) is 0 Å². The predicted octanol–water partition coefficient (Wildman–Crippen LogP) is 2.33. The summed E-state index contributed by atoms with van der Waals surface area (Å²) in [7, 11) is 3.23. The summed E-state index contributed by atoms with van der Waals surface area (Å²) in [6.45, 7) is 0. The molecule has 2 aromatic carbocycles. The first-order chi connectivity index (χ1) is 9.15. The lowest BCUT2D eigenvalue weighted by Crippen LogP contribution is -2.13. The smallest absolute Gasteiger partial charge is 0.127 e. The molecule has 2 rings (SSSR count). The van der Waals surface area contributed by atoms with Crippen molar-refractivity contribution in [3.63, 3.8) is 0 Å². The third-order valence-corrected chi connectivity index (χ3v) is 3.05. The molecule has 4 nitrogen and oxygen atoms in total. The zero-order chi connectivity index (χ0) is 13.8. The minimum Gasteiger partial charge on any atom is -0.497 e. The Bertz CT molecular complexity index is 570. The fourth-order valence-electron chi connectivity index (χ4n) is 2.01. The van der Waals surface area contributed by atoms with E-state index in [9.17, 15) is 0 Å². The SMILES string of the molecule is COc1ccc(C(N)c2cccc(N)c2)c(OC)c1. The Labute approximate surface area is 112 Å². The second-order valence-electron chi connectivity index (χ2n) is 4.26. The number of ether oxygens (including phenoxy) is 2. The molecule has 0 saturated carbocycles. The normalized spacial score (nSPS) is 11.9. The van der Waals surface area contributed by atoms with E-state index in [1.54, 1.807) is 14.2 Å². The van der Waals surface area contributed by atoms with Gasteiger partial charge in [0.1, 0.15) is 11.5 Å². The molecular formula is C15H18N2O2. The highest BCUT2D eigenvalue weighted by atomic mass is 16.5. The Balaban J connectivity index is 2.40. The fraction of sp³-hybridized carbons (Fsp3) is 0.200. The van der Waals surface area contributed by atoms with E-state index in [0.717, 1.165) is 16.9 Å². The molecular weight excluding hydrogens is 240 g/mol. The minimum atomic E-state index is -0.288. The predicted molar refractivity (Wildman–Crippen MR) is 76.4 cm³/mol. The van der Waals surface area contributed by atoms with E-state index >= 15 is 0 Å². The maximum Gasteiger partial charge on any atom is 0.127 e. The van der Waals surface area contributed by atoms with Gasteiger partial charge in [0.25, 0.3) is 0 Å². The Morgan fingerprint density at radius 3 is 2.42 bits per heavy atom. The summed E-state index contributed by atoms with van der Waals surface area (Å²) < 4.78 is 10.5. The first-order valence-corrected chi connectivity index (χ1v) is 5.98. The van der Waals surface area contributed by atoms with Gasteiger partial charge in [0.2, 0.25) is 0 Å². The van der Waals surface area contributed by atoms with Crippen LogP contribution in [0.25, 0.3) is 0 Å². The largest absolute Gasteiger partial charge is 0.497 e. The van der Waals surface area contributed by atoms with Crippen molar-refractivity contribution >= 4 is 5.69 Å². The summed E-state index contributed by atoms with van der Waals surface area (Å²) in [5.41, 5.74) is 14.6. The van der Waals surface area contributed by atoms with Crippen molar-refractivity contribution in [1.29, 1.82) is 0 Å². The highest BCUT2D eigenvalue weighted by molar-refractivity contribution is 5.49. The van der Waals surface area contributed by atoms with E-state index in [0.29, 0.717) is 11.4 Å². The third kappa shape index (κ3) is 2.80. The van der Waals surface area contributed by atoms with Gasteiger partial charge >= 0.3 is 0 Å². The van der Waals surface area contributed by atoms with Crippen LogP contribution >= 0.6 is 0 Å². The lowest BCUT2D eigenvalue weighted by Gasteiger charge is -2.17. The van der Waals surface area contributed by atoms with Crippen molar-refractivity contribution in [1.82, 2.24) is 0 Å². The average Bonchev–Trinajstić information content (AvgIpc) is 2.45. The Hall–Kier alpha value is -2.20. The lowest BCUT2D eigenvalue weighted by molar-refractivity contribution is 0.390. The zero-order valence-electron chi connectivity index (χ0n) is 11.1. The van der Waals surface area contributed by atoms with Crippen molar-refractivity contribution in [3.8, 4) is 11.5 Å². The van der Waals surface area contributed by atoms with Gasteiger partial charge in [-0.2, -0.15) is 0 Å². The second kappa shape index (κ2) is 5.63. The molecule has 0 heterocycles. The number of anilines is 1. The molecule has 19 heavy (non-hydrogen) atoms. The van der Waals surface area contributed by atoms with Gasteiger partial charge in [-0.3, -0.25) is 0 Å². The standard InChI is InChI=1S/C15H18N2O2/c1-18-12-6-7-13(14(9-12)19-2)15(17)10-4-3-5-11(16)8-10/h3-9,15H,16-17H2,1-2H3. The van der Waals surface area contributed by atoms with Gasteiger partial charge in [-0.15, -0.1) is 0 Å². The molecule has 0 fully saturated rings. The van der Waals surface area contributed by atoms with E-state index in [1.165, 1.54) is 0 Å². The van der Waals surface area contributed by atoms with Crippen molar-refractivity contribution in [2.45, 2.75) is 6.04 Å². The Kier molecular flexibility index (Phi) is 3.92. The summed E-state index contributed by atoms with van der Waals surface area (Å²) in [6, 6.07) is 12.8. The van der Waals surface area contributed by atoms with E-state index in [1.807, 2.05) is 42.5 Å². The van der Waals surface area contributed by atoms with Crippen LogP contribution in [-0.2, 0) is 0 Å². The number of nitrogen functional groups attached to an aromatic ring is 1. The first kappa shape index (κ1) is 13.2.